The molecule has 0 spiro atoms. The number of carbonyl (C=O) groups excluding carboxylic acids is 2. The van der Waals surface area contributed by atoms with E-state index < -0.39 is 11.8 Å². The number of nitrogens with one attached hydrogen (secondary N) is 2. The summed E-state index contributed by atoms with van der Waals surface area (Å²) in [5.74, 6) is 0.346. The summed E-state index contributed by atoms with van der Waals surface area (Å²) in [7, 11) is 2.97. The lowest BCUT2D eigenvalue weighted by Gasteiger charge is -2.09. The van der Waals surface area contributed by atoms with Crippen molar-refractivity contribution in [3.8, 4) is 17.2 Å². The van der Waals surface area contributed by atoms with E-state index in [0.29, 0.717) is 29.4 Å². The molecular weight excluding hydrogens is 441 g/mol. The molecule has 3 aromatic carbocycles. The van der Waals surface area contributed by atoms with Gasteiger partial charge < -0.3 is 19.5 Å². The molecule has 0 aromatic heterocycles. The Labute approximate surface area is 196 Å². The van der Waals surface area contributed by atoms with E-state index in [1.54, 1.807) is 48.5 Å². The van der Waals surface area contributed by atoms with Gasteiger partial charge in [0.15, 0.2) is 11.5 Å². The maximum absolute atomic E-state index is 12.9. The average Bonchev–Trinajstić information content (AvgIpc) is 2.87. The number of ether oxygens (including phenoxy) is 3. The van der Waals surface area contributed by atoms with Crippen molar-refractivity contribution in [2.45, 2.75) is 6.61 Å². The number of nitrogens with zero attached hydrogens (tertiary/aromatic N) is 1. The van der Waals surface area contributed by atoms with Gasteiger partial charge in [-0.3, -0.25) is 9.59 Å². The van der Waals surface area contributed by atoms with Crippen molar-refractivity contribution in [3.63, 3.8) is 0 Å². The Kier molecular flexibility index (Phi) is 8.56. The number of benzene rings is 3. The molecule has 0 saturated carbocycles. The van der Waals surface area contributed by atoms with Crippen molar-refractivity contribution in [2.24, 2.45) is 5.10 Å². The molecule has 176 valence electrons. The van der Waals surface area contributed by atoms with Crippen LogP contribution in [0.3, 0.4) is 0 Å². The number of methoxy groups -OCH3 is 2. The van der Waals surface area contributed by atoms with Crippen LogP contribution in [0.25, 0.3) is 0 Å². The monoisotopic (exact) mass is 465 g/mol. The van der Waals surface area contributed by atoms with Crippen molar-refractivity contribution in [3.05, 3.63) is 89.2 Å². The third kappa shape index (κ3) is 7.06. The van der Waals surface area contributed by atoms with Gasteiger partial charge in [0.2, 0.25) is 0 Å². The molecule has 0 fully saturated rings. The van der Waals surface area contributed by atoms with Crippen LogP contribution in [-0.4, -0.2) is 38.8 Å². The molecule has 0 heterocycles. The molecule has 0 atom stereocenters. The molecule has 0 unspecified atom stereocenters. The Morgan fingerprint density at radius 3 is 2.32 bits per heavy atom. The summed E-state index contributed by atoms with van der Waals surface area (Å²) >= 11 is 0. The van der Waals surface area contributed by atoms with Crippen molar-refractivity contribution in [2.75, 3.05) is 20.8 Å². The summed E-state index contributed by atoms with van der Waals surface area (Å²) in [4.78, 5) is 24.2. The SMILES string of the molecule is COc1ccc(C(=O)NCC(=O)N/N=C\c2ccc(OCc3ccc(F)cc3)cc2)cc1OC. The van der Waals surface area contributed by atoms with Crippen LogP contribution in [0.4, 0.5) is 4.39 Å². The molecule has 0 radical (unpaired) electrons. The number of hydrazone groups is 1. The lowest BCUT2D eigenvalue weighted by molar-refractivity contribution is -0.120. The smallest absolute Gasteiger partial charge is 0.259 e. The van der Waals surface area contributed by atoms with E-state index in [1.807, 2.05) is 0 Å². The van der Waals surface area contributed by atoms with Gasteiger partial charge in [0.25, 0.3) is 11.8 Å². The first kappa shape index (κ1) is 24.2. The van der Waals surface area contributed by atoms with Crippen LogP contribution in [0.2, 0.25) is 0 Å². The molecule has 0 aliphatic rings. The van der Waals surface area contributed by atoms with E-state index in [2.05, 4.69) is 15.8 Å². The third-order valence-corrected chi connectivity index (χ3v) is 4.66. The Morgan fingerprint density at radius 1 is 0.941 bits per heavy atom. The molecule has 0 aliphatic carbocycles. The van der Waals surface area contributed by atoms with E-state index in [-0.39, 0.29) is 12.4 Å². The number of halogens is 1. The molecule has 2 N–H and O–H groups in total. The van der Waals surface area contributed by atoms with Crippen molar-refractivity contribution < 1.29 is 28.2 Å². The molecule has 34 heavy (non-hydrogen) atoms. The summed E-state index contributed by atoms with van der Waals surface area (Å²) in [6.07, 6.45) is 1.47. The van der Waals surface area contributed by atoms with Crippen molar-refractivity contribution in [1.82, 2.24) is 10.7 Å². The fourth-order valence-corrected chi connectivity index (χ4v) is 2.86. The zero-order valence-corrected chi connectivity index (χ0v) is 18.7. The largest absolute Gasteiger partial charge is 0.493 e. The van der Waals surface area contributed by atoms with Gasteiger partial charge in [-0.15, -0.1) is 0 Å². The van der Waals surface area contributed by atoms with Crippen molar-refractivity contribution >= 4 is 18.0 Å². The number of hydrogen-bond donors (Lipinski definition) is 2. The second-order valence-electron chi connectivity index (χ2n) is 7.03. The highest BCUT2D eigenvalue weighted by molar-refractivity contribution is 5.97. The molecule has 3 rings (SSSR count). The first-order valence-corrected chi connectivity index (χ1v) is 10.3. The van der Waals surface area contributed by atoms with Gasteiger partial charge in [0, 0.05) is 5.56 Å². The maximum atomic E-state index is 12.9. The molecule has 3 aromatic rings. The Balaban J connectivity index is 1.42. The predicted octanol–water partition coefficient (Wildman–Crippen LogP) is 3.30. The third-order valence-electron chi connectivity index (χ3n) is 4.66. The minimum absolute atomic E-state index is 0.249. The summed E-state index contributed by atoms with van der Waals surface area (Å²) in [5.41, 5.74) is 4.28. The van der Waals surface area contributed by atoms with Crippen molar-refractivity contribution in [1.29, 1.82) is 0 Å². The van der Waals surface area contributed by atoms with Gasteiger partial charge in [-0.2, -0.15) is 5.10 Å². The molecule has 9 heteroatoms. The number of amides is 2. The Hall–Kier alpha value is -4.40. The van der Waals surface area contributed by atoms with Gasteiger partial charge in [-0.05, 0) is 65.7 Å². The van der Waals surface area contributed by atoms with Crippen LogP contribution in [0.15, 0.2) is 71.8 Å². The second-order valence-corrected chi connectivity index (χ2v) is 7.03. The van der Waals surface area contributed by atoms with Gasteiger partial charge >= 0.3 is 0 Å². The molecule has 0 aliphatic heterocycles. The molecule has 8 nitrogen and oxygen atoms in total. The van der Waals surface area contributed by atoms with Crippen LogP contribution < -0.4 is 25.0 Å². The minimum Gasteiger partial charge on any atom is -0.493 e. The van der Waals surface area contributed by atoms with Gasteiger partial charge in [0.05, 0.1) is 27.0 Å². The zero-order valence-electron chi connectivity index (χ0n) is 18.7. The number of rotatable bonds is 10. The highest BCUT2D eigenvalue weighted by atomic mass is 19.1. The van der Waals surface area contributed by atoms with Crippen LogP contribution >= 0.6 is 0 Å². The lowest BCUT2D eigenvalue weighted by atomic mass is 10.2. The molecular formula is C25H24FN3O5. The van der Waals surface area contributed by atoms with Gasteiger partial charge in [0.1, 0.15) is 18.2 Å². The van der Waals surface area contributed by atoms with E-state index in [0.717, 1.165) is 11.1 Å². The van der Waals surface area contributed by atoms with E-state index in [9.17, 15) is 14.0 Å². The first-order valence-electron chi connectivity index (χ1n) is 10.3. The van der Waals surface area contributed by atoms with Crippen LogP contribution in [0, 0.1) is 5.82 Å². The van der Waals surface area contributed by atoms with E-state index in [4.69, 9.17) is 14.2 Å². The van der Waals surface area contributed by atoms with Gasteiger partial charge in [-0.25, -0.2) is 9.82 Å². The second kappa shape index (κ2) is 12.0. The molecule has 0 bridgehead atoms. The number of hydrogen-bond acceptors (Lipinski definition) is 6. The summed E-state index contributed by atoms with van der Waals surface area (Å²) in [6.45, 7) is 0.0689. The fourth-order valence-electron chi connectivity index (χ4n) is 2.86. The normalized spacial score (nSPS) is 10.6. The Morgan fingerprint density at radius 2 is 1.65 bits per heavy atom. The van der Waals surface area contributed by atoms with E-state index in [1.165, 1.54) is 38.6 Å². The molecule has 2 amide bonds. The summed E-state index contributed by atoms with van der Waals surface area (Å²) < 4.78 is 28.9. The average molecular weight is 465 g/mol. The first-order chi connectivity index (χ1) is 16.5. The lowest BCUT2D eigenvalue weighted by Crippen LogP contribution is -2.34. The highest BCUT2D eigenvalue weighted by Crippen LogP contribution is 2.27. The van der Waals surface area contributed by atoms with Gasteiger partial charge in [-0.1, -0.05) is 12.1 Å². The Bertz CT molecular complexity index is 1150. The summed E-state index contributed by atoms with van der Waals surface area (Å²) in [6, 6.07) is 17.9. The molecule has 0 saturated heterocycles. The maximum Gasteiger partial charge on any atom is 0.259 e. The zero-order chi connectivity index (χ0) is 24.3. The highest BCUT2D eigenvalue weighted by Gasteiger charge is 2.11. The van der Waals surface area contributed by atoms with Crippen LogP contribution in [0.1, 0.15) is 21.5 Å². The minimum atomic E-state index is -0.482. The van der Waals surface area contributed by atoms with Crippen LogP contribution in [0.5, 0.6) is 17.2 Å². The number of carbonyl (C=O) groups is 2. The standard InChI is InChI=1S/C25H24FN3O5/c1-32-22-12-7-19(13-23(22)33-2)25(31)27-15-24(30)29-28-14-17-5-10-21(11-6-17)34-16-18-3-8-20(26)9-4-18/h3-14H,15-16H2,1-2H3,(H,27,31)(H,29,30)/b28-14-. The summed E-state index contributed by atoms with van der Waals surface area (Å²) in [5, 5.41) is 6.40. The topological polar surface area (TPSA) is 98.2 Å². The fraction of sp³-hybridized carbons (Fsp3) is 0.160. The predicted molar refractivity (Wildman–Crippen MR) is 125 cm³/mol. The van der Waals surface area contributed by atoms with E-state index >= 15 is 0 Å². The van der Waals surface area contributed by atoms with Crippen LogP contribution in [-0.2, 0) is 11.4 Å². The quantitative estimate of drug-likeness (QED) is 0.354.